The molecular formula is C9H18O5. The van der Waals surface area contributed by atoms with E-state index in [-0.39, 0.29) is 0 Å². The van der Waals surface area contributed by atoms with Crippen LogP contribution < -0.4 is 0 Å². The van der Waals surface area contributed by atoms with Crippen LogP contribution in [0.4, 0.5) is 0 Å². The molecule has 1 heterocycles. The minimum atomic E-state index is -1.03. The lowest BCUT2D eigenvalue weighted by Gasteiger charge is -2.22. The number of aliphatic hydroxyl groups excluding tert-OH is 3. The van der Waals surface area contributed by atoms with Crippen molar-refractivity contribution in [1.82, 2.24) is 0 Å². The smallest absolute Gasteiger partial charge is 0.164 e. The Bertz CT molecular complexity index is 192. The zero-order valence-electron chi connectivity index (χ0n) is 8.67. The van der Waals surface area contributed by atoms with Crippen LogP contribution in [0.5, 0.6) is 0 Å². The molecule has 1 aliphatic heterocycles. The monoisotopic (exact) mass is 206 g/mol. The predicted molar refractivity (Wildman–Crippen MR) is 48.6 cm³/mol. The highest BCUT2D eigenvalue weighted by atomic mass is 16.8. The first-order valence-electron chi connectivity index (χ1n) is 4.70. The van der Waals surface area contributed by atoms with Crippen molar-refractivity contribution in [3.05, 3.63) is 0 Å². The molecule has 1 saturated heterocycles. The SMILES string of the molecule is C[C@H](O)[C@@H]1OC(C)(C)O[C@@H]1[C@H](O)CO. The zero-order valence-corrected chi connectivity index (χ0v) is 8.67. The number of ether oxygens (including phenoxy) is 2. The highest BCUT2D eigenvalue weighted by Crippen LogP contribution is 2.31. The standard InChI is InChI=1S/C9H18O5/c1-5(11)7-8(6(12)4-10)14-9(2,3)13-7/h5-8,10-12H,4H2,1-3H3/t5-,6+,7-,8+/m0/s1. The van der Waals surface area contributed by atoms with Crippen LogP contribution in [-0.4, -0.2) is 52.1 Å². The van der Waals surface area contributed by atoms with Crippen LogP contribution in [0.15, 0.2) is 0 Å². The van der Waals surface area contributed by atoms with Crippen LogP contribution in [0.3, 0.4) is 0 Å². The van der Waals surface area contributed by atoms with Crippen molar-refractivity contribution < 1.29 is 24.8 Å². The van der Waals surface area contributed by atoms with E-state index in [2.05, 4.69) is 0 Å². The van der Waals surface area contributed by atoms with E-state index in [9.17, 15) is 10.2 Å². The molecule has 0 aromatic carbocycles. The molecule has 5 nitrogen and oxygen atoms in total. The molecule has 0 radical (unpaired) electrons. The van der Waals surface area contributed by atoms with Crippen molar-refractivity contribution in [2.24, 2.45) is 0 Å². The molecule has 1 aliphatic rings. The molecule has 3 N–H and O–H groups in total. The van der Waals surface area contributed by atoms with Crippen molar-refractivity contribution >= 4 is 0 Å². The van der Waals surface area contributed by atoms with E-state index in [1.54, 1.807) is 20.8 Å². The number of rotatable bonds is 3. The normalized spacial score (nSPS) is 35.6. The summed E-state index contributed by atoms with van der Waals surface area (Å²) in [7, 11) is 0. The maximum Gasteiger partial charge on any atom is 0.164 e. The molecule has 5 heteroatoms. The lowest BCUT2D eigenvalue weighted by molar-refractivity contribution is -0.161. The fraction of sp³-hybridized carbons (Fsp3) is 1.00. The van der Waals surface area contributed by atoms with Gasteiger partial charge in [0.05, 0.1) is 12.7 Å². The van der Waals surface area contributed by atoms with E-state index in [0.29, 0.717) is 0 Å². The highest BCUT2D eigenvalue weighted by Gasteiger charge is 2.46. The summed E-state index contributed by atoms with van der Waals surface area (Å²) in [4.78, 5) is 0. The average molecular weight is 206 g/mol. The van der Waals surface area contributed by atoms with Crippen molar-refractivity contribution in [3.63, 3.8) is 0 Å². The van der Waals surface area contributed by atoms with Gasteiger partial charge in [-0.1, -0.05) is 0 Å². The first-order valence-corrected chi connectivity index (χ1v) is 4.70. The van der Waals surface area contributed by atoms with E-state index >= 15 is 0 Å². The minimum absolute atomic E-state index is 0.409. The molecule has 14 heavy (non-hydrogen) atoms. The second-order valence-corrected chi connectivity index (χ2v) is 4.06. The van der Waals surface area contributed by atoms with E-state index in [0.717, 1.165) is 0 Å². The van der Waals surface area contributed by atoms with Gasteiger partial charge in [0.2, 0.25) is 0 Å². The molecule has 0 aromatic rings. The third kappa shape index (κ3) is 2.43. The van der Waals surface area contributed by atoms with Crippen molar-refractivity contribution in [2.45, 2.75) is 51.0 Å². The van der Waals surface area contributed by atoms with Crippen LogP contribution in [0.25, 0.3) is 0 Å². The van der Waals surface area contributed by atoms with Crippen molar-refractivity contribution in [1.29, 1.82) is 0 Å². The molecule has 0 unspecified atom stereocenters. The number of hydrogen-bond donors (Lipinski definition) is 3. The third-order valence-corrected chi connectivity index (χ3v) is 2.21. The summed E-state index contributed by atoms with van der Waals surface area (Å²) in [6.45, 7) is 4.55. The van der Waals surface area contributed by atoms with Gasteiger partial charge in [0.1, 0.15) is 18.3 Å². The van der Waals surface area contributed by atoms with Gasteiger partial charge in [-0.25, -0.2) is 0 Å². The van der Waals surface area contributed by atoms with Crippen molar-refractivity contribution in [2.75, 3.05) is 6.61 Å². The summed E-state index contributed by atoms with van der Waals surface area (Å²) in [5, 5.41) is 27.6. The van der Waals surface area contributed by atoms with Gasteiger partial charge in [-0.05, 0) is 20.8 Å². The third-order valence-electron chi connectivity index (χ3n) is 2.21. The lowest BCUT2D eigenvalue weighted by atomic mass is 10.1. The van der Waals surface area contributed by atoms with Gasteiger partial charge in [-0.15, -0.1) is 0 Å². The molecule has 0 amide bonds. The van der Waals surface area contributed by atoms with Crippen molar-refractivity contribution in [3.8, 4) is 0 Å². The molecule has 0 spiro atoms. The Hall–Kier alpha value is -0.200. The van der Waals surface area contributed by atoms with Gasteiger partial charge >= 0.3 is 0 Å². The number of aliphatic hydroxyl groups is 3. The Balaban J connectivity index is 2.72. The summed E-state index contributed by atoms with van der Waals surface area (Å²) >= 11 is 0. The maximum atomic E-state index is 9.44. The second kappa shape index (κ2) is 4.12. The summed E-state index contributed by atoms with van der Waals surface area (Å²) in [5.41, 5.74) is 0. The molecule has 0 aromatic heterocycles. The summed E-state index contributed by atoms with van der Waals surface area (Å²) in [5.74, 6) is -0.831. The predicted octanol–water partition coefficient (Wildman–Crippen LogP) is -0.760. The Morgan fingerprint density at radius 3 is 2.14 bits per heavy atom. The van der Waals surface area contributed by atoms with Crippen LogP contribution in [0.1, 0.15) is 20.8 Å². The Morgan fingerprint density at radius 1 is 1.21 bits per heavy atom. The largest absolute Gasteiger partial charge is 0.394 e. The Labute approximate surface area is 83.3 Å². The van der Waals surface area contributed by atoms with E-state index < -0.39 is 36.8 Å². The molecule has 1 fully saturated rings. The molecule has 4 atom stereocenters. The number of hydrogen-bond acceptors (Lipinski definition) is 5. The topological polar surface area (TPSA) is 79.2 Å². The lowest BCUT2D eigenvalue weighted by Crippen LogP contribution is -2.42. The Morgan fingerprint density at radius 2 is 1.71 bits per heavy atom. The molecule has 0 bridgehead atoms. The molecular weight excluding hydrogens is 188 g/mol. The van der Waals surface area contributed by atoms with Crippen LogP contribution in [0.2, 0.25) is 0 Å². The quantitative estimate of drug-likeness (QED) is 0.565. The second-order valence-electron chi connectivity index (χ2n) is 4.06. The van der Waals surface area contributed by atoms with E-state index in [1.165, 1.54) is 0 Å². The fourth-order valence-corrected chi connectivity index (χ4v) is 1.59. The summed E-state index contributed by atoms with van der Waals surface area (Å²) in [6.07, 6.45) is -3.07. The maximum absolute atomic E-state index is 9.44. The van der Waals surface area contributed by atoms with Crippen LogP contribution in [-0.2, 0) is 9.47 Å². The minimum Gasteiger partial charge on any atom is -0.394 e. The first-order chi connectivity index (χ1) is 6.37. The van der Waals surface area contributed by atoms with Gasteiger partial charge in [0.15, 0.2) is 5.79 Å². The van der Waals surface area contributed by atoms with Gasteiger partial charge < -0.3 is 24.8 Å². The van der Waals surface area contributed by atoms with Gasteiger partial charge in [-0.3, -0.25) is 0 Å². The Kier molecular flexibility index (Phi) is 3.49. The first kappa shape index (κ1) is 11.9. The average Bonchev–Trinajstić information content (AvgIpc) is 2.40. The molecule has 84 valence electrons. The summed E-state index contributed by atoms with van der Waals surface area (Å²) in [6, 6.07) is 0. The molecule has 1 rings (SSSR count). The van der Waals surface area contributed by atoms with Crippen LogP contribution >= 0.6 is 0 Å². The summed E-state index contributed by atoms with van der Waals surface area (Å²) < 4.78 is 10.8. The van der Waals surface area contributed by atoms with Crippen LogP contribution in [0, 0.1) is 0 Å². The van der Waals surface area contributed by atoms with Gasteiger partial charge in [0, 0.05) is 0 Å². The van der Waals surface area contributed by atoms with E-state index in [4.69, 9.17) is 14.6 Å². The van der Waals surface area contributed by atoms with Gasteiger partial charge in [0.25, 0.3) is 0 Å². The molecule has 0 aliphatic carbocycles. The zero-order chi connectivity index (χ0) is 10.9. The highest BCUT2D eigenvalue weighted by molar-refractivity contribution is 4.88. The van der Waals surface area contributed by atoms with Gasteiger partial charge in [-0.2, -0.15) is 0 Å². The fourth-order valence-electron chi connectivity index (χ4n) is 1.59. The van der Waals surface area contributed by atoms with E-state index in [1.807, 2.05) is 0 Å². The molecule has 0 saturated carbocycles.